The number of nitro benzene ring substituents is 1. The summed E-state index contributed by atoms with van der Waals surface area (Å²) in [5, 5.41) is 22.9. The summed E-state index contributed by atoms with van der Waals surface area (Å²) in [6, 6.07) is 14.4. The summed E-state index contributed by atoms with van der Waals surface area (Å²) in [5.41, 5.74) is 3.16. The highest BCUT2D eigenvalue weighted by atomic mass is 16.6. The van der Waals surface area contributed by atoms with Gasteiger partial charge in [0.1, 0.15) is 6.07 Å². The molecule has 0 saturated carbocycles. The minimum Gasteiger partial charge on any atom is -0.380 e. The Morgan fingerprint density at radius 1 is 1.19 bits per heavy atom. The van der Waals surface area contributed by atoms with Gasteiger partial charge in [0.05, 0.1) is 16.2 Å². The molecule has 0 radical (unpaired) electrons. The molecule has 0 amide bonds. The van der Waals surface area contributed by atoms with Gasteiger partial charge < -0.3 is 5.32 Å². The van der Waals surface area contributed by atoms with E-state index in [4.69, 9.17) is 5.26 Å². The first-order valence-electron chi connectivity index (χ1n) is 6.64. The predicted molar refractivity (Wildman–Crippen MR) is 81.0 cm³/mol. The van der Waals surface area contributed by atoms with Crippen LogP contribution in [0.15, 0.2) is 42.5 Å². The van der Waals surface area contributed by atoms with Gasteiger partial charge in [0.25, 0.3) is 5.69 Å². The van der Waals surface area contributed by atoms with E-state index in [0.29, 0.717) is 12.2 Å². The van der Waals surface area contributed by atoms with Crippen LogP contribution in [-0.4, -0.2) is 4.92 Å². The summed E-state index contributed by atoms with van der Waals surface area (Å²) in [5.74, 6) is 0. The standard InChI is InChI=1S/C16H15N3O2/c1-2-12-3-5-13(6-4-12)11-18-16-8-7-15(19(20)21)9-14(16)10-17/h3-9,18H,2,11H2,1H3. The molecule has 5 heteroatoms. The van der Waals surface area contributed by atoms with Crippen LogP contribution in [0.5, 0.6) is 0 Å². The molecule has 106 valence electrons. The highest BCUT2D eigenvalue weighted by Crippen LogP contribution is 2.22. The first kappa shape index (κ1) is 14.5. The number of hydrogen-bond donors (Lipinski definition) is 1. The Morgan fingerprint density at radius 3 is 2.43 bits per heavy atom. The Kier molecular flexibility index (Phi) is 4.52. The topological polar surface area (TPSA) is 79.0 Å². The average molecular weight is 281 g/mol. The number of rotatable bonds is 5. The van der Waals surface area contributed by atoms with Gasteiger partial charge in [0.2, 0.25) is 0 Å². The Labute approximate surface area is 123 Å². The first-order valence-corrected chi connectivity index (χ1v) is 6.64. The highest BCUT2D eigenvalue weighted by Gasteiger charge is 2.10. The fourth-order valence-corrected chi connectivity index (χ4v) is 1.98. The van der Waals surface area contributed by atoms with Gasteiger partial charge in [-0.3, -0.25) is 10.1 Å². The maximum absolute atomic E-state index is 10.7. The van der Waals surface area contributed by atoms with E-state index in [1.54, 1.807) is 6.07 Å². The molecule has 1 N–H and O–H groups in total. The number of nitrogens with zero attached hydrogens (tertiary/aromatic N) is 2. The Balaban J connectivity index is 2.12. The van der Waals surface area contributed by atoms with Gasteiger partial charge in [0, 0.05) is 18.7 Å². The zero-order chi connectivity index (χ0) is 15.2. The quantitative estimate of drug-likeness (QED) is 0.670. The fraction of sp³-hybridized carbons (Fsp3) is 0.188. The number of nitrogens with one attached hydrogen (secondary N) is 1. The normalized spacial score (nSPS) is 9.90. The van der Waals surface area contributed by atoms with Crippen LogP contribution >= 0.6 is 0 Å². The van der Waals surface area contributed by atoms with Crippen molar-refractivity contribution in [3.05, 3.63) is 69.3 Å². The van der Waals surface area contributed by atoms with Crippen molar-refractivity contribution in [3.8, 4) is 6.07 Å². The summed E-state index contributed by atoms with van der Waals surface area (Å²) >= 11 is 0. The second kappa shape index (κ2) is 6.53. The molecule has 0 atom stereocenters. The summed E-state index contributed by atoms with van der Waals surface area (Å²) in [6.45, 7) is 2.67. The number of nitro groups is 1. The van der Waals surface area contributed by atoms with E-state index in [0.717, 1.165) is 12.0 Å². The molecule has 0 unspecified atom stereocenters. The molecule has 0 saturated heterocycles. The first-order chi connectivity index (χ1) is 10.1. The molecule has 0 spiro atoms. The number of aryl methyl sites for hydroxylation is 1. The number of benzene rings is 2. The zero-order valence-corrected chi connectivity index (χ0v) is 11.7. The van der Waals surface area contributed by atoms with Crippen molar-refractivity contribution in [2.75, 3.05) is 5.32 Å². The van der Waals surface area contributed by atoms with E-state index < -0.39 is 4.92 Å². The van der Waals surface area contributed by atoms with Gasteiger partial charge in [0.15, 0.2) is 0 Å². The lowest BCUT2D eigenvalue weighted by molar-refractivity contribution is -0.384. The molecule has 0 fully saturated rings. The predicted octanol–water partition coefficient (Wildman–Crippen LogP) is 3.64. The average Bonchev–Trinajstić information content (AvgIpc) is 2.53. The van der Waals surface area contributed by atoms with Crippen LogP contribution in [0.4, 0.5) is 11.4 Å². The smallest absolute Gasteiger partial charge is 0.270 e. The minimum absolute atomic E-state index is 0.0793. The second-order valence-corrected chi connectivity index (χ2v) is 4.62. The van der Waals surface area contributed by atoms with Gasteiger partial charge in [-0.2, -0.15) is 5.26 Å². The van der Waals surface area contributed by atoms with Crippen LogP contribution < -0.4 is 5.32 Å². The fourth-order valence-electron chi connectivity index (χ4n) is 1.98. The molecule has 0 bridgehead atoms. The van der Waals surface area contributed by atoms with Crippen molar-refractivity contribution in [2.24, 2.45) is 0 Å². The molecule has 21 heavy (non-hydrogen) atoms. The number of non-ortho nitro benzene ring substituents is 1. The highest BCUT2D eigenvalue weighted by molar-refractivity contribution is 5.61. The van der Waals surface area contributed by atoms with E-state index in [1.165, 1.54) is 17.7 Å². The summed E-state index contributed by atoms with van der Waals surface area (Å²) in [4.78, 5) is 10.2. The lowest BCUT2D eigenvalue weighted by atomic mass is 10.1. The minimum atomic E-state index is -0.506. The van der Waals surface area contributed by atoms with E-state index in [9.17, 15) is 10.1 Å². The van der Waals surface area contributed by atoms with Crippen LogP contribution in [0.25, 0.3) is 0 Å². The van der Waals surface area contributed by atoms with Gasteiger partial charge in [-0.25, -0.2) is 0 Å². The van der Waals surface area contributed by atoms with Crippen LogP contribution in [0.3, 0.4) is 0 Å². The zero-order valence-electron chi connectivity index (χ0n) is 11.7. The SMILES string of the molecule is CCc1ccc(CNc2ccc([N+](=O)[O-])cc2C#N)cc1. The lowest BCUT2D eigenvalue weighted by Crippen LogP contribution is -2.02. The van der Waals surface area contributed by atoms with Crippen molar-refractivity contribution in [3.63, 3.8) is 0 Å². The van der Waals surface area contributed by atoms with Crippen LogP contribution in [0.2, 0.25) is 0 Å². The van der Waals surface area contributed by atoms with Crippen LogP contribution in [0, 0.1) is 21.4 Å². The molecule has 0 aliphatic carbocycles. The summed E-state index contributed by atoms with van der Waals surface area (Å²) in [7, 11) is 0. The van der Waals surface area contributed by atoms with E-state index in [2.05, 4.69) is 24.4 Å². The largest absolute Gasteiger partial charge is 0.380 e. The van der Waals surface area contributed by atoms with Gasteiger partial charge in [-0.05, 0) is 23.6 Å². The summed E-state index contributed by atoms with van der Waals surface area (Å²) in [6.07, 6.45) is 0.995. The molecule has 0 heterocycles. The van der Waals surface area contributed by atoms with Crippen molar-refractivity contribution < 1.29 is 4.92 Å². The molecule has 2 aromatic carbocycles. The lowest BCUT2D eigenvalue weighted by Gasteiger charge is -2.08. The third-order valence-corrected chi connectivity index (χ3v) is 3.25. The maximum atomic E-state index is 10.7. The molecule has 5 nitrogen and oxygen atoms in total. The number of nitriles is 1. The van der Waals surface area contributed by atoms with Gasteiger partial charge in [-0.15, -0.1) is 0 Å². The maximum Gasteiger partial charge on any atom is 0.270 e. The third kappa shape index (κ3) is 3.57. The molecular weight excluding hydrogens is 266 g/mol. The van der Waals surface area contributed by atoms with Crippen molar-refractivity contribution >= 4 is 11.4 Å². The van der Waals surface area contributed by atoms with E-state index in [1.807, 2.05) is 18.2 Å². The Bertz CT molecular complexity index is 688. The van der Waals surface area contributed by atoms with Crippen molar-refractivity contribution in [1.29, 1.82) is 5.26 Å². The van der Waals surface area contributed by atoms with E-state index >= 15 is 0 Å². The van der Waals surface area contributed by atoms with Gasteiger partial charge >= 0.3 is 0 Å². The molecule has 0 aliphatic rings. The summed E-state index contributed by atoms with van der Waals surface area (Å²) < 4.78 is 0. The van der Waals surface area contributed by atoms with Crippen LogP contribution in [0.1, 0.15) is 23.6 Å². The Hall–Kier alpha value is -2.87. The van der Waals surface area contributed by atoms with Crippen LogP contribution in [-0.2, 0) is 13.0 Å². The van der Waals surface area contributed by atoms with E-state index in [-0.39, 0.29) is 11.3 Å². The monoisotopic (exact) mass is 281 g/mol. The number of anilines is 1. The number of hydrogen-bond acceptors (Lipinski definition) is 4. The molecule has 2 aromatic rings. The van der Waals surface area contributed by atoms with Crippen molar-refractivity contribution in [2.45, 2.75) is 19.9 Å². The second-order valence-electron chi connectivity index (χ2n) is 4.62. The van der Waals surface area contributed by atoms with Crippen molar-refractivity contribution in [1.82, 2.24) is 0 Å². The molecule has 0 aromatic heterocycles. The van der Waals surface area contributed by atoms with Gasteiger partial charge in [-0.1, -0.05) is 31.2 Å². The molecular formula is C16H15N3O2. The molecule has 2 rings (SSSR count). The Morgan fingerprint density at radius 2 is 1.86 bits per heavy atom. The molecule has 0 aliphatic heterocycles. The third-order valence-electron chi connectivity index (χ3n) is 3.25.